The molecule has 0 saturated carbocycles. The van der Waals surface area contributed by atoms with E-state index in [-0.39, 0.29) is 17.8 Å². The molecule has 0 unspecified atom stereocenters. The van der Waals surface area contributed by atoms with Gasteiger partial charge in [0, 0.05) is 24.5 Å². The Kier molecular flexibility index (Phi) is 4.52. The third kappa shape index (κ3) is 3.64. The molecule has 0 aliphatic carbocycles. The lowest BCUT2D eigenvalue weighted by atomic mass is 10.2. The summed E-state index contributed by atoms with van der Waals surface area (Å²) in [7, 11) is 0. The van der Waals surface area contributed by atoms with Crippen molar-refractivity contribution in [1.29, 1.82) is 0 Å². The molecule has 0 spiro atoms. The highest BCUT2D eigenvalue weighted by Crippen LogP contribution is 2.16. The van der Waals surface area contributed by atoms with Gasteiger partial charge in [0.1, 0.15) is 22.7 Å². The molecule has 27 heavy (non-hydrogen) atoms. The quantitative estimate of drug-likeness (QED) is 0.586. The Morgan fingerprint density at radius 1 is 1.07 bits per heavy atom. The van der Waals surface area contributed by atoms with Crippen LogP contribution in [-0.4, -0.2) is 32.6 Å². The van der Waals surface area contributed by atoms with E-state index < -0.39 is 11.7 Å². The van der Waals surface area contributed by atoms with E-state index in [4.69, 9.17) is 4.52 Å². The monoisotopic (exact) mass is 363 g/mol. The number of carbonyl (C=O) groups is 1. The highest BCUT2D eigenvalue weighted by Gasteiger charge is 2.12. The van der Waals surface area contributed by atoms with Gasteiger partial charge in [-0.3, -0.25) is 9.78 Å². The van der Waals surface area contributed by atoms with Crippen molar-refractivity contribution in [2.24, 2.45) is 0 Å². The lowest BCUT2D eigenvalue weighted by Crippen LogP contribution is -2.26. The minimum absolute atomic E-state index is 0.146. The van der Waals surface area contributed by atoms with Crippen LogP contribution < -0.4 is 5.32 Å². The molecule has 4 rings (SSSR count). The van der Waals surface area contributed by atoms with Crippen molar-refractivity contribution < 1.29 is 13.7 Å². The zero-order valence-electron chi connectivity index (χ0n) is 14.1. The number of para-hydroxylation sites is 1. The maximum Gasteiger partial charge on any atom is 0.269 e. The van der Waals surface area contributed by atoms with Crippen molar-refractivity contribution in [1.82, 2.24) is 25.4 Å². The summed E-state index contributed by atoms with van der Waals surface area (Å²) < 4.78 is 19.0. The van der Waals surface area contributed by atoms with Crippen LogP contribution in [-0.2, 0) is 6.42 Å². The molecular weight excluding hydrogens is 349 g/mol. The first-order valence-corrected chi connectivity index (χ1v) is 8.28. The molecule has 134 valence electrons. The summed E-state index contributed by atoms with van der Waals surface area (Å²) in [6.45, 7) is 0.277. The molecule has 8 heteroatoms. The van der Waals surface area contributed by atoms with E-state index in [1.54, 1.807) is 42.6 Å². The number of amides is 1. The number of aromatic nitrogens is 4. The average Bonchev–Trinajstić information content (AvgIpc) is 3.18. The van der Waals surface area contributed by atoms with Gasteiger partial charge in [0.25, 0.3) is 5.91 Å². The molecule has 0 bridgehead atoms. The number of hydrogen-bond acceptors (Lipinski definition) is 6. The fourth-order valence-corrected chi connectivity index (χ4v) is 2.57. The van der Waals surface area contributed by atoms with Crippen LogP contribution in [0.3, 0.4) is 0 Å². The maximum absolute atomic E-state index is 13.8. The van der Waals surface area contributed by atoms with Crippen molar-refractivity contribution in [2.75, 3.05) is 6.54 Å². The van der Waals surface area contributed by atoms with Crippen LogP contribution in [0.2, 0.25) is 0 Å². The Labute approximate surface area is 153 Å². The number of benzene rings is 1. The molecule has 4 aromatic rings. The third-order valence-electron chi connectivity index (χ3n) is 3.89. The molecule has 0 atom stereocenters. The van der Waals surface area contributed by atoms with Gasteiger partial charge in [0.15, 0.2) is 0 Å². The summed E-state index contributed by atoms with van der Waals surface area (Å²) in [4.78, 5) is 24.7. The van der Waals surface area contributed by atoms with Gasteiger partial charge in [-0.25, -0.2) is 9.37 Å². The highest BCUT2D eigenvalue weighted by atomic mass is 19.1. The number of halogens is 1. The Morgan fingerprint density at radius 2 is 2.00 bits per heavy atom. The average molecular weight is 363 g/mol. The molecule has 3 aromatic heterocycles. The van der Waals surface area contributed by atoms with Gasteiger partial charge in [-0.05, 0) is 24.3 Å². The fourth-order valence-electron chi connectivity index (χ4n) is 2.57. The van der Waals surface area contributed by atoms with E-state index in [0.29, 0.717) is 29.2 Å². The van der Waals surface area contributed by atoms with E-state index in [0.717, 1.165) is 0 Å². The van der Waals surface area contributed by atoms with Crippen LogP contribution in [0, 0.1) is 5.82 Å². The standard InChI is InChI=1S/C19H14FN5O2/c20-13-5-3-4-12-7-8-15(23-17(12)13)19(26)22-11-9-16-24-18(25-27-16)14-6-1-2-10-21-14/h1-8,10H,9,11H2,(H,22,26). The zero-order valence-corrected chi connectivity index (χ0v) is 14.1. The predicted octanol–water partition coefficient (Wildman–Crippen LogP) is 2.79. The van der Waals surface area contributed by atoms with Crippen molar-refractivity contribution in [3.63, 3.8) is 0 Å². The minimum Gasteiger partial charge on any atom is -0.350 e. The van der Waals surface area contributed by atoms with Gasteiger partial charge in [-0.1, -0.05) is 29.4 Å². The molecular formula is C19H14FN5O2. The van der Waals surface area contributed by atoms with E-state index in [9.17, 15) is 9.18 Å². The Morgan fingerprint density at radius 3 is 2.85 bits per heavy atom. The summed E-state index contributed by atoms with van der Waals surface area (Å²) in [5.41, 5.74) is 0.924. The minimum atomic E-state index is -0.463. The Bertz CT molecular complexity index is 1100. The Hall–Kier alpha value is -3.68. The summed E-state index contributed by atoms with van der Waals surface area (Å²) >= 11 is 0. The first kappa shape index (κ1) is 16.8. The van der Waals surface area contributed by atoms with Crippen LogP contribution in [0.5, 0.6) is 0 Å². The number of pyridine rings is 2. The maximum atomic E-state index is 13.8. The van der Waals surface area contributed by atoms with Gasteiger partial charge in [0.2, 0.25) is 11.7 Å². The van der Waals surface area contributed by atoms with Crippen molar-refractivity contribution in [2.45, 2.75) is 6.42 Å². The molecule has 0 radical (unpaired) electrons. The molecule has 7 nitrogen and oxygen atoms in total. The first-order valence-electron chi connectivity index (χ1n) is 8.28. The molecule has 1 N–H and O–H groups in total. The van der Waals surface area contributed by atoms with E-state index >= 15 is 0 Å². The van der Waals surface area contributed by atoms with Gasteiger partial charge in [-0.2, -0.15) is 4.98 Å². The number of fused-ring (bicyclic) bond motifs is 1. The molecule has 0 fully saturated rings. The number of rotatable bonds is 5. The largest absolute Gasteiger partial charge is 0.350 e. The number of nitrogens with one attached hydrogen (secondary N) is 1. The summed E-state index contributed by atoms with van der Waals surface area (Å²) in [5, 5.41) is 7.22. The van der Waals surface area contributed by atoms with Crippen LogP contribution in [0.1, 0.15) is 16.4 Å². The van der Waals surface area contributed by atoms with Crippen LogP contribution in [0.25, 0.3) is 22.4 Å². The molecule has 1 amide bonds. The Balaban J connectivity index is 1.39. The van der Waals surface area contributed by atoms with Gasteiger partial charge >= 0.3 is 0 Å². The van der Waals surface area contributed by atoms with Gasteiger partial charge in [0.05, 0.1) is 0 Å². The summed E-state index contributed by atoms with van der Waals surface area (Å²) in [6, 6.07) is 13.3. The number of carbonyl (C=O) groups excluding carboxylic acids is 1. The van der Waals surface area contributed by atoms with Crippen LogP contribution >= 0.6 is 0 Å². The topological polar surface area (TPSA) is 93.8 Å². The lowest BCUT2D eigenvalue weighted by molar-refractivity contribution is 0.0949. The van der Waals surface area contributed by atoms with E-state index in [1.165, 1.54) is 6.07 Å². The summed E-state index contributed by atoms with van der Waals surface area (Å²) in [5.74, 6) is -0.0863. The van der Waals surface area contributed by atoms with Gasteiger partial charge in [-0.15, -0.1) is 0 Å². The second-order valence-electron chi connectivity index (χ2n) is 5.74. The number of nitrogens with zero attached hydrogens (tertiary/aromatic N) is 4. The molecule has 0 aliphatic heterocycles. The van der Waals surface area contributed by atoms with Crippen molar-refractivity contribution in [3.05, 3.63) is 72.1 Å². The SMILES string of the molecule is O=C(NCCc1nc(-c2ccccn2)no1)c1ccc2cccc(F)c2n1. The zero-order chi connectivity index (χ0) is 18.6. The van der Waals surface area contributed by atoms with Crippen LogP contribution in [0.15, 0.2) is 59.3 Å². The predicted molar refractivity (Wildman–Crippen MR) is 95.3 cm³/mol. The van der Waals surface area contributed by atoms with Crippen molar-refractivity contribution >= 4 is 16.8 Å². The lowest BCUT2D eigenvalue weighted by Gasteiger charge is -2.05. The summed E-state index contributed by atoms with van der Waals surface area (Å²) in [6.07, 6.45) is 2.00. The highest BCUT2D eigenvalue weighted by molar-refractivity contribution is 5.94. The molecule has 1 aromatic carbocycles. The first-order chi connectivity index (χ1) is 13.2. The smallest absolute Gasteiger partial charge is 0.269 e. The molecule has 0 saturated heterocycles. The van der Waals surface area contributed by atoms with Crippen molar-refractivity contribution in [3.8, 4) is 11.5 Å². The normalized spacial score (nSPS) is 10.9. The second kappa shape index (κ2) is 7.28. The molecule has 0 aliphatic rings. The molecule has 3 heterocycles. The van der Waals surface area contributed by atoms with Crippen LogP contribution in [0.4, 0.5) is 4.39 Å². The van der Waals surface area contributed by atoms with E-state index in [1.807, 2.05) is 6.07 Å². The number of hydrogen-bond donors (Lipinski definition) is 1. The van der Waals surface area contributed by atoms with Gasteiger partial charge < -0.3 is 9.84 Å². The third-order valence-corrected chi connectivity index (χ3v) is 3.89. The second-order valence-corrected chi connectivity index (χ2v) is 5.74. The van der Waals surface area contributed by atoms with E-state index in [2.05, 4.69) is 25.4 Å². The fraction of sp³-hybridized carbons (Fsp3) is 0.105.